The number of aliphatic imine (C=N–C) groups is 2. The monoisotopic (exact) mass is 374 g/mol. The van der Waals surface area contributed by atoms with Crippen molar-refractivity contribution >= 4 is 12.1 Å². The van der Waals surface area contributed by atoms with Gasteiger partial charge in [0.15, 0.2) is 0 Å². The Morgan fingerprint density at radius 1 is 1.25 bits per heavy atom. The van der Waals surface area contributed by atoms with Crippen LogP contribution in [0.4, 0.5) is 0 Å². The minimum atomic E-state index is 0.248. The van der Waals surface area contributed by atoms with Crippen LogP contribution in [0.25, 0.3) is 0 Å². The number of nitrogens with zero attached hydrogens (tertiary/aromatic N) is 3. The zero-order valence-corrected chi connectivity index (χ0v) is 16.9. The molecule has 5 atom stereocenters. The maximum atomic E-state index is 5.03. The highest BCUT2D eigenvalue weighted by Gasteiger charge is 2.41. The van der Waals surface area contributed by atoms with E-state index in [0.29, 0.717) is 23.9 Å². The number of hydrogen-bond donors (Lipinski definition) is 1. The molecule has 3 heterocycles. The van der Waals surface area contributed by atoms with Gasteiger partial charge in [-0.2, -0.15) is 0 Å². The summed E-state index contributed by atoms with van der Waals surface area (Å²) in [5.41, 5.74) is 5.91. The van der Waals surface area contributed by atoms with Crippen LogP contribution in [0, 0.1) is 11.8 Å². The smallest absolute Gasteiger partial charge is 0.103 e. The molecule has 2 aliphatic carbocycles. The molecule has 5 rings (SSSR count). The van der Waals surface area contributed by atoms with Crippen LogP contribution >= 0.6 is 0 Å². The molecular weight excluding hydrogens is 344 g/mol. The van der Waals surface area contributed by atoms with E-state index in [2.05, 4.69) is 66.3 Å². The van der Waals surface area contributed by atoms with Crippen molar-refractivity contribution in [3.8, 4) is 0 Å². The maximum absolute atomic E-state index is 5.03. The van der Waals surface area contributed by atoms with Crippen LogP contribution in [-0.2, 0) is 0 Å². The number of allylic oxidation sites excluding steroid dienone is 2. The SMILES string of the molecule is C=CC1CN=CC1/C=C/C1NC2=C(C3=C1CCCC3)C1N=C(C)N(C)C1C=C2. The molecule has 0 aromatic heterocycles. The van der Waals surface area contributed by atoms with Crippen molar-refractivity contribution in [2.24, 2.45) is 21.8 Å². The molecule has 0 aromatic rings. The van der Waals surface area contributed by atoms with Gasteiger partial charge in [-0.1, -0.05) is 24.3 Å². The molecule has 1 N–H and O–H groups in total. The minimum Gasteiger partial charge on any atom is -0.375 e. The van der Waals surface area contributed by atoms with Crippen molar-refractivity contribution < 1.29 is 0 Å². The Morgan fingerprint density at radius 2 is 2.11 bits per heavy atom. The zero-order chi connectivity index (χ0) is 19.3. The molecule has 5 aliphatic rings. The highest BCUT2D eigenvalue weighted by molar-refractivity contribution is 5.83. The molecule has 0 fully saturated rings. The fourth-order valence-corrected chi connectivity index (χ4v) is 5.38. The topological polar surface area (TPSA) is 40.0 Å². The third-order valence-corrected chi connectivity index (χ3v) is 7.09. The van der Waals surface area contributed by atoms with Crippen LogP contribution in [0.15, 0.2) is 69.4 Å². The van der Waals surface area contributed by atoms with Gasteiger partial charge < -0.3 is 10.2 Å². The van der Waals surface area contributed by atoms with E-state index in [1.807, 2.05) is 6.08 Å². The normalized spacial score (nSPS) is 36.4. The fraction of sp³-hybridized carbons (Fsp3) is 0.500. The van der Waals surface area contributed by atoms with Gasteiger partial charge in [0.05, 0.1) is 17.9 Å². The molecular formula is C24H30N4. The van der Waals surface area contributed by atoms with Crippen molar-refractivity contribution in [2.75, 3.05) is 13.6 Å². The molecule has 0 spiro atoms. The van der Waals surface area contributed by atoms with E-state index in [-0.39, 0.29) is 6.04 Å². The van der Waals surface area contributed by atoms with Crippen molar-refractivity contribution in [2.45, 2.75) is 50.7 Å². The second-order valence-electron chi connectivity index (χ2n) is 8.62. The number of rotatable bonds is 3. The summed E-state index contributed by atoms with van der Waals surface area (Å²) in [5.74, 6) is 1.96. The largest absolute Gasteiger partial charge is 0.375 e. The lowest BCUT2D eigenvalue weighted by molar-refractivity contribution is 0.420. The predicted octanol–water partition coefficient (Wildman–Crippen LogP) is 3.81. The van der Waals surface area contributed by atoms with Crippen LogP contribution in [-0.4, -0.2) is 48.7 Å². The molecule has 0 aromatic carbocycles. The molecule has 4 nitrogen and oxygen atoms in total. The summed E-state index contributed by atoms with van der Waals surface area (Å²) in [6.45, 7) is 6.98. The third kappa shape index (κ3) is 2.73. The average molecular weight is 375 g/mol. The fourth-order valence-electron chi connectivity index (χ4n) is 5.38. The van der Waals surface area contributed by atoms with Gasteiger partial charge >= 0.3 is 0 Å². The Hall–Kier alpha value is -2.36. The Balaban J connectivity index is 1.48. The van der Waals surface area contributed by atoms with Crippen LogP contribution in [0.2, 0.25) is 0 Å². The third-order valence-electron chi connectivity index (χ3n) is 7.09. The quantitative estimate of drug-likeness (QED) is 0.763. The van der Waals surface area contributed by atoms with Crippen LogP contribution in [0.5, 0.6) is 0 Å². The van der Waals surface area contributed by atoms with E-state index < -0.39 is 0 Å². The zero-order valence-electron chi connectivity index (χ0n) is 16.9. The first-order valence-electron chi connectivity index (χ1n) is 10.7. The summed E-state index contributed by atoms with van der Waals surface area (Å²) >= 11 is 0. The van der Waals surface area contributed by atoms with E-state index in [9.17, 15) is 0 Å². The van der Waals surface area contributed by atoms with Gasteiger partial charge in [0, 0.05) is 42.9 Å². The lowest BCUT2D eigenvalue weighted by Crippen LogP contribution is -2.43. The average Bonchev–Trinajstić information content (AvgIpc) is 3.30. The van der Waals surface area contributed by atoms with Crippen molar-refractivity contribution in [3.05, 3.63) is 59.4 Å². The van der Waals surface area contributed by atoms with E-state index in [1.165, 1.54) is 37.0 Å². The lowest BCUT2D eigenvalue weighted by Gasteiger charge is -2.39. The summed E-state index contributed by atoms with van der Waals surface area (Å²) in [4.78, 5) is 11.8. The summed E-state index contributed by atoms with van der Waals surface area (Å²) in [6.07, 6.45) is 18.4. The standard InChI is InChI=1S/C24H30N4/c1-4-16-13-25-14-17(16)9-10-20-18-7-5-6-8-19(18)23-21(27-20)11-12-22-24(23)26-15(2)28(22)3/h4,9-12,14,16-17,20,22,24,27H,1,5-8,13H2,2-3H3/b10-9+. The first kappa shape index (κ1) is 17.7. The Morgan fingerprint density at radius 3 is 2.96 bits per heavy atom. The number of likely N-dealkylation sites (N-methyl/N-ethyl adjacent to an activating group) is 1. The molecule has 0 amide bonds. The van der Waals surface area contributed by atoms with Crippen molar-refractivity contribution in [1.29, 1.82) is 0 Å². The van der Waals surface area contributed by atoms with E-state index in [0.717, 1.165) is 12.4 Å². The molecule has 146 valence electrons. The van der Waals surface area contributed by atoms with Crippen LogP contribution < -0.4 is 5.32 Å². The first-order chi connectivity index (χ1) is 13.7. The van der Waals surface area contributed by atoms with E-state index in [4.69, 9.17) is 4.99 Å². The molecule has 28 heavy (non-hydrogen) atoms. The summed E-state index contributed by atoms with van der Waals surface area (Å²) in [5, 5.41) is 3.84. The highest BCUT2D eigenvalue weighted by atomic mass is 15.3. The van der Waals surface area contributed by atoms with Gasteiger partial charge in [-0.15, -0.1) is 6.58 Å². The van der Waals surface area contributed by atoms with Gasteiger partial charge in [0.2, 0.25) is 0 Å². The van der Waals surface area contributed by atoms with E-state index >= 15 is 0 Å². The molecule has 5 unspecified atom stereocenters. The molecule has 0 radical (unpaired) electrons. The van der Waals surface area contributed by atoms with Gasteiger partial charge in [0.25, 0.3) is 0 Å². The Bertz CT molecular complexity index is 869. The Kier molecular flexibility index (Phi) is 4.37. The number of hydrogen-bond acceptors (Lipinski definition) is 4. The summed E-state index contributed by atoms with van der Waals surface area (Å²) in [6, 6.07) is 0.905. The first-order valence-corrected chi connectivity index (χ1v) is 10.7. The second-order valence-corrected chi connectivity index (χ2v) is 8.62. The van der Waals surface area contributed by atoms with Gasteiger partial charge in [0.1, 0.15) is 6.04 Å². The number of fused-ring (bicyclic) bond motifs is 3. The molecule has 0 saturated carbocycles. The number of amidine groups is 1. The molecule has 4 heteroatoms. The maximum Gasteiger partial charge on any atom is 0.103 e. The van der Waals surface area contributed by atoms with Gasteiger partial charge in [-0.05, 0) is 49.8 Å². The molecule has 0 saturated heterocycles. The lowest BCUT2D eigenvalue weighted by atomic mass is 9.75. The van der Waals surface area contributed by atoms with Gasteiger partial charge in [-0.3, -0.25) is 9.98 Å². The number of nitrogens with one attached hydrogen (secondary N) is 1. The Labute approximate surface area is 168 Å². The second kappa shape index (κ2) is 6.91. The van der Waals surface area contributed by atoms with Gasteiger partial charge in [-0.25, -0.2) is 0 Å². The summed E-state index contributed by atoms with van der Waals surface area (Å²) in [7, 11) is 2.16. The van der Waals surface area contributed by atoms with Crippen LogP contribution in [0.1, 0.15) is 32.6 Å². The van der Waals surface area contributed by atoms with E-state index in [1.54, 1.807) is 11.1 Å². The predicted molar refractivity (Wildman–Crippen MR) is 117 cm³/mol. The molecule has 0 bridgehead atoms. The summed E-state index contributed by atoms with van der Waals surface area (Å²) < 4.78 is 0. The minimum absolute atomic E-state index is 0.248. The van der Waals surface area contributed by atoms with Crippen LogP contribution in [0.3, 0.4) is 0 Å². The van der Waals surface area contributed by atoms with Crippen molar-refractivity contribution in [1.82, 2.24) is 10.2 Å². The van der Waals surface area contributed by atoms with Crippen molar-refractivity contribution in [3.63, 3.8) is 0 Å². The number of dihydropyridines is 1. The highest BCUT2D eigenvalue weighted by Crippen LogP contribution is 2.43. The molecule has 3 aliphatic heterocycles.